The van der Waals surface area contributed by atoms with Crippen LogP contribution in [-0.2, 0) is 4.79 Å². The molecule has 0 aromatic heterocycles. The van der Waals surface area contributed by atoms with Crippen molar-refractivity contribution in [1.29, 1.82) is 0 Å². The van der Waals surface area contributed by atoms with E-state index >= 15 is 0 Å². The van der Waals surface area contributed by atoms with Crippen molar-refractivity contribution in [2.75, 3.05) is 26.2 Å². The Balaban J connectivity index is 1.54. The number of nitrogens with two attached hydrogens (primary N) is 1. The van der Waals surface area contributed by atoms with Gasteiger partial charge in [0.2, 0.25) is 5.91 Å². The number of rotatable bonds is 2. The highest BCUT2D eigenvalue weighted by Crippen LogP contribution is 2.27. The quantitative estimate of drug-likeness (QED) is 0.754. The Morgan fingerprint density at radius 2 is 2.10 bits per heavy atom. The van der Waals surface area contributed by atoms with Crippen molar-refractivity contribution in [2.24, 2.45) is 11.7 Å². The first-order chi connectivity index (χ1) is 9.65. The molecular formula is C14H24N4O2. The molecule has 0 radical (unpaired) electrons. The molecule has 3 amide bonds. The maximum absolute atomic E-state index is 12.4. The van der Waals surface area contributed by atoms with Gasteiger partial charge in [-0.3, -0.25) is 4.79 Å². The Labute approximate surface area is 119 Å². The SMILES string of the molecule is NC1CCCCC1CC(=O)N1CCN2C(=O)NCC2C1. The van der Waals surface area contributed by atoms with Crippen LogP contribution in [-0.4, -0.2) is 60.0 Å². The molecular weight excluding hydrogens is 256 g/mol. The maximum Gasteiger partial charge on any atom is 0.317 e. The monoisotopic (exact) mass is 280 g/mol. The fourth-order valence-electron chi connectivity index (χ4n) is 3.67. The second kappa shape index (κ2) is 5.60. The number of nitrogens with zero attached hydrogens (tertiary/aromatic N) is 2. The number of amides is 3. The number of hydrogen-bond donors (Lipinski definition) is 2. The van der Waals surface area contributed by atoms with E-state index in [1.54, 1.807) is 0 Å². The first kappa shape index (κ1) is 13.7. The fraction of sp³-hybridized carbons (Fsp3) is 0.857. The molecule has 3 fully saturated rings. The van der Waals surface area contributed by atoms with Gasteiger partial charge in [-0.15, -0.1) is 0 Å². The number of carbonyl (C=O) groups is 2. The van der Waals surface area contributed by atoms with E-state index in [2.05, 4.69) is 5.32 Å². The molecule has 3 rings (SSSR count). The number of nitrogens with one attached hydrogen (secondary N) is 1. The number of fused-ring (bicyclic) bond motifs is 1. The summed E-state index contributed by atoms with van der Waals surface area (Å²) in [7, 11) is 0. The average molecular weight is 280 g/mol. The van der Waals surface area contributed by atoms with Gasteiger partial charge in [-0.1, -0.05) is 12.8 Å². The largest absolute Gasteiger partial charge is 0.339 e. The van der Waals surface area contributed by atoms with Crippen molar-refractivity contribution in [1.82, 2.24) is 15.1 Å². The van der Waals surface area contributed by atoms with Crippen molar-refractivity contribution >= 4 is 11.9 Å². The average Bonchev–Trinajstić information content (AvgIpc) is 2.82. The molecule has 0 aromatic carbocycles. The van der Waals surface area contributed by atoms with Crippen molar-refractivity contribution in [3.63, 3.8) is 0 Å². The standard InChI is InChI=1S/C14H24N4O2/c15-12-4-2-1-3-10(12)7-13(19)17-5-6-18-11(9-17)8-16-14(18)20/h10-12H,1-9,15H2,(H,16,20). The van der Waals surface area contributed by atoms with Crippen LogP contribution in [0.25, 0.3) is 0 Å². The molecule has 0 aromatic rings. The Kier molecular flexibility index (Phi) is 3.83. The first-order valence-electron chi connectivity index (χ1n) is 7.73. The Bertz CT molecular complexity index is 401. The smallest absolute Gasteiger partial charge is 0.317 e. The van der Waals surface area contributed by atoms with Gasteiger partial charge in [-0.05, 0) is 18.8 Å². The highest BCUT2D eigenvalue weighted by atomic mass is 16.2. The number of hydrogen-bond acceptors (Lipinski definition) is 3. The predicted molar refractivity (Wildman–Crippen MR) is 75.0 cm³/mol. The summed E-state index contributed by atoms with van der Waals surface area (Å²) in [6.45, 7) is 2.63. The summed E-state index contributed by atoms with van der Waals surface area (Å²) < 4.78 is 0. The second-order valence-electron chi connectivity index (χ2n) is 6.29. The normalized spacial score (nSPS) is 33.9. The summed E-state index contributed by atoms with van der Waals surface area (Å²) in [5.74, 6) is 0.559. The van der Waals surface area contributed by atoms with Crippen molar-refractivity contribution in [3.05, 3.63) is 0 Å². The number of piperazine rings is 1. The molecule has 0 spiro atoms. The lowest BCUT2D eigenvalue weighted by Crippen LogP contribution is -2.54. The van der Waals surface area contributed by atoms with Gasteiger partial charge < -0.3 is 20.9 Å². The van der Waals surface area contributed by atoms with Crippen molar-refractivity contribution < 1.29 is 9.59 Å². The minimum absolute atomic E-state index is 0.0106. The van der Waals surface area contributed by atoms with Crippen LogP contribution in [0.3, 0.4) is 0 Å². The van der Waals surface area contributed by atoms with Gasteiger partial charge in [0.15, 0.2) is 0 Å². The molecule has 1 saturated carbocycles. The summed E-state index contributed by atoms with van der Waals surface area (Å²) in [4.78, 5) is 27.7. The van der Waals surface area contributed by atoms with Crippen LogP contribution in [0.1, 0.15) is 32.1 Å². The van der Waals surface area contributed by atoms with Crippen LogP contribution < -0.4 is 11.1 Å². The van der Waals surface area contributed by atoms with Crippen LogP contribution >= 0.6 is 0 Å². The van der Waals surface area contributed by atoms with Gasteiger partial charge in [0.1, 0.15) is 0 Å². The minimum Gasteiger partial charge on any atom is -0.339 e. The topological polar surface area (TPSA) is 78.7 Å². The zero-order valence-corrected chi connectivity index (χ0v) is 11.9. The molecule has 112 valence electrons. The third kappa shape index (κ3) is 2.61. The molecule has 2 saturated heterocycles. The van der Waals surface area contributed by atoms with Gasteiger partial charge in [0, 0.05) is 38.6 Å². The van der Waals surface area contributed by atoms with Crippen LogP contribution in [0.4, 0.5) is 4.79 Å². The number of urea groups is 1. The highest BCUT2D eigenvalue weighted by molar-refractivity contribution is 5.79. The molecule has 6 nitrogen and oxygen atoms in total. The highest BCUT2D eigenvalue weighted by Gasteiger charge is 2.37. The molecule has 0 bridgehead atoms. The van der Waals surface area contributed by atoms with Crippen LogP contribution in [0, 0.1) is 5.92 Å². The Morgan fingerprint density at radius 1 is 1.30 bits per heavy atom. The lowest BCUT2D eigenvalue weighted by atomic mass is 9.82. The van der Waals surface area contributed by atoms with E-state index in [1.165, 1.54) is 12.8 Å². The lowest BCUT2D eigenvalue weighted by Gasteiger charge is -2.38. The maximum atomic E-state index is 12.4. The molecule has 2 aliphatic heterocycles. The van der Waals surface area contributed by atoms with Gasteiger partial charge >= 0.3 is 6.03 Å². The van der Waals surface area contributed by atoms with E-state index in [-0.39, 0.29) is 24.0 Å². The Hall–Kier alpha value is -1.30. The molecule has 3 atom stereocenters. The first-order valence-corrected chi connectivity index (χ1v) is 7.73. The predicted octanol–water partition coefficient (Wildman–Crippen LogP) is 0.130. The van der Waals surface area contributed by atoms with E-state index in [9.17, 15) is 9.59 Å². The summed E-state index contributed by atoms with van der Waals surface area (Å²) >= 11 is 0. The zero-order valence-electron chi connectivity index (χ0n) is 11.9. The third-order valence-corrected chi connectivity index (χ3v) is 4.99. The Morgan fingerprint density at radius 3 is 2.90 bits per heavy atom. The summed E-state index contributed by atoms with van der Waals surface area (Å²) in [6, 6.07) is 0.348. The lowest BCUT2D eigenvalue weighted by molar-refractivity contribution is -0.134. The summed E-state index contributed by atoms with van der Waals surface area (Å²) in [6.07, 6.45) is 5.10. The summed E-state index contributed by atoms with van der Waals surface area (Å²) in [5.41, 5.74) is 6.13. The molecule has 3 unspecified atom stereocenters. The van der Waals surface area contributed by atoms with Crippen LogP contribution in [0.15, 0.2) is 0 Å². The summed E-state index contributed by atoms with van der Waals surface area (Å²) in [5, 5.41) is 2.84. The van der Waals surface area contributed by atoms with E-state index in [0.29, 0.717) is 38.5 Å². The number of carbonyl (C=O) groups excluding carboxylic acids is 2. The van der Waals surface area contributed by atoms with Gasteiger partial charge in [0.05, 0.1) is 6.04 Å². The van der Waals surface area contributed by atoms with Gasteiger partial charge in [-0.25, -0.2) is 4.79 Å². The van der Waals surface area contributed by atoms with Crippen LogP contribution in [0.2, 0.25) is 0 Å². The second-order valence-corrected chi connectivity index (χ2v) is 6.29. The van der Waals surface area contributed by atoms with E-state index in [1.807, 2.05) is 9.80 Å². The molecule has 2 heterocycles. The van der Waals surface area contributed by atoms with Crippen molar-refractivity contribution in [2.45, 2.75) is 44.2 Å². The molecule has 20 heavy (non-hydrogen) atoms. The minimum atomic E-state index is 0.0106. The van der Waals surface area contributed by atoms with E-state index in [4.69, 9.17) is 5.73 Å². The molecule has 3 N–H and O–H groups in total. The molecule has 6 heteroatoms. The van der Waals surface area contributed by atoms with Crippen LogP contribution in [0.5, 0.6) is 0 Å². The molecule has 1 aliphatic carbocycles. The zero-order chi connectivity index (χ0) is 14.1. The van der Waals surface area contributed by atoms with E-state index < -0.39 is 0 Å². The molecule has 3 aliphatic rings. The van der Waals surface area contributed by atoms with E-state index in [0.717, 1.165) is 12.8 Å². The fourth-order valence-corrected chi connectivity index (χ4v) is 3.67. The van der Waals surface area contributed by atoms with Crippen molar-refractivity contribution in [3.8, 4) is 0 Å². The van der Waals surface area contributed by atoms with Gasteiger partial charge in [0.25, 0.3) is 0 Å². The van der Waals surface area contributed by atoms with Gasteiger partial charge in [-0.2, -0.15) is 0 Å². The third-order valence-electron chi connectivity index (χ3n) is 4.99.